The molecule has 0 spiro atoms. The van der Waals surface area contributed by atoms with Crippen LogP contribution in [0.4, 0.5) is 5.69 Å². The van der Waals surface area contributed by atoms with Crippen molar-refractivity contribution in [1.82, 2.24) is 10.2 Å². The van der Waals surface area contributed by atoms with Gasteiger partial charge in [-0.05, 0) is 57.9 Å². The zero-order valence-corrected chi connectivity index (χ0v) is 21.6. The molecule has 10 heteroatoms. The number of sulfonamides is 1. The van der Waals surface area contributed by atoms with Gasteiger partial charge in [0.25, 0.3) is 0 Å². The summed E-state index contributed by atoms with van der Waals surface area (Å²) in [5.74, 6) is -0.0818. The van der Waals surface area contributed by atoms with Crippen molar-refractivity contribution in [3.63, 3.8) is 0 Å². The van der Waals surface area contributed by atoms with E-state index in [2.05, 4.69) is 5.32 Å². The highest BCUT2D eigenvalue weighted by molar-refractivity contribution is 7.92. The van der Waals surface area contributed by atoms with Crippen LogP contribution in [0.2, 0.25) is 0 Å². The highest BCUT2D eigenvalue weighted by atomic mass is 32.2. The Morgan fingerprint density at radius 2 is 1.74 bits per heavy atom. The van der Waals surface area contributed by atoms with Gasteiger partial charge in [0.05, 0.1) is 11.4 Å². The van der Waals surface area contributed by atoms with Crippen LogP contribution < -0.4 is 19.1 Å². The molecule has 0 saturated heterocycles. The number of hydrogen-bond donors (Lipinski definition) is 1. The van der Waals surface area contributed by atoms with Crippen molar-refractivity contribution in [3.05, 3.63) is 53.6 Å². The summed E-state index contributed by atoms with van der Waals surface area (Å²) in [5, 5.41) is 2.84. The van der Waals surface area contributed by atoms with Crippen LogP contribution >= 0.6 is 0 Å². The van der Waals surface area contributed by atoms with Crippen molar-refractivity contribution in [1.29, 1.82) is 0 Å². The van der Waals surface area contributed by atoms with Crippen LogP contribution in [-0.2, 0) is 26.2 Å². The van der Waals surface area contributed by atoms with E-state index in [0.29, 0.717) is 17.2 Å². The van der Waals surface area contributed by atoms with Gasteiger partial charge in [0.2, 0.25) is 28.6 Å². The lowest BCUT2D eigenvalue weighted by molar-refractivity contribution is -0.139. The number of nitrogens with zero attached hydrogens (tertiary/aromatic N) is 2. The summed E-state index contributed by atoms with van der Waals surface area (Å²) < 4.78 is 37.8. The van der Waals surface area contributed by atoms with E-state index in [1.807, 2.05) is 45.0 Å². The second kappa shape index (κ2) is 11.0. The van der Waals surface area contributed by atoms with Crippen molar-refractivity contribution in [2.24, 2.45) is 0 Å². The van der Waals surface area contributed by atoms with E-state index in [9.17, 15) is 18.0 Å². The second-order valence-electron chi connectivity index (χ2n) is 8.73. The smallest absolute Gasteiger partial charge is 0.244 e. The molecule has 2 amide bonds. The molecule has 0 bridgehead atoms. The van der Waals surface area contributed by atoms with E-state index in [4.69, 9.17) is 9.47 Å². The Kier molecular flexibility index (Phi) is 8.26. The van der Waals surface area contributed by atoms with Gasteiger partial charge in [-0.25, -0.2) is 8.42 Å². The molecular weight excluding hydrogens is 470 g/mol. The zero-order chi connectivity index (χ0) is 25.8. The highest BCUT2D eigenvalue weighted by Gasteiger charge is 2.32. The molecule has 0 aliphatic carbocycles. The third kappa shape index (κ3) is 6.25. The van der Waals surface area contributed by atoms with Crippen LogP contribution in [0.1, 0.15) is 38.8 Å². The fraction of sp³-hybridized carbons (Fsp3) is 0.440. The molecule has 2 aromatic rings. The first kappa shape index (κ1) is 26.3. The molecule has 35 heavy (non-hydrogen) atoms. The summed E-state index contributed by atoms with van der Waals surface area (Å²) >= 11 is 0. The summed E-state index contributed by atoms with van der Waals surface area (Å²) in [6.07, 6.45) is 0. The third-order valence-electron chi connectivity index (χ3n) is 5.82. The van der Waals surface area contributed by atoms with Gasteiger partial charge in [0, 0.05) is 18.7 Å². The number of anilines is 1. The number of nitrogens with one attached hydrogen (secondary N) is 1. The summed E-state index contributed by atoms with van der Waals surface area (Å²) in [6.45, 7) is 8.53. The molecular formula is C25H33N3O6S. The van der Waals surface area contributed by atoms with Crippen molar-refractivity contribution in [2.45, 2.75) is 53.2 Å². The zero-order valence-electron chi connectivity index (χ0n) is 20.8. The normalized spacial score (nSPS) is 13.4. The van der Waals surface area contributed by atoms with Crippen molar-refractivity contribution >= 4 is 27.5 Å². The van der Waals surface area contributed by atoms with E-state index >= 15 is 0 Å². The minimum absolute atomic E-state index is 0.0466. The minimum Gasteiger partial charge on any atom is -0.454 e. The Morgan fingerprint density at radius 1 is 1.06 bits per heavy atom. The van der Waals surface area contributed by atoms with Gasteiger partial charge in [-0.2, -0.15) is 0 Å². The Bertz CT molecular complexity index is 1180. The van der Waals surface area contributed by atoms with Crippen molar-refractivity contribution in [2.75, 3.05) is 23.4 Å². The van der Waals surface area contributed by atoms with E-state index in [0.717, 1.165) is 15.4 Å². The Balaban J connectivity index is 1.95. The minimum atomic E-state index is -3.82. The first-order valence-electron chi connectivity index (χ1n) is 11.6. The second-order valence-corrected chi connectivity index (χ2v) is 10.9. The average molecular weight is 504 g/mol. The van der Waals surface area contributed by atoms with Gasteiger partial charge >= 0.3 is 0 Å². The van der Waals surface area contributed by atoms with Crippen molar-refractivity contribution in [3.8, 4) is 11.5 Å². The molecule has 1 aliphatic heterocycles. The molecule has 0 aromatic heterocycles. The number of hydrogen-bond acceptors (Lipinski definition) is 6. The number of rotatable bonds is 10. The predicted molar refractivity (Wildman–Crippen MR) is 134 cm³/mol. The number of fused-ring (bicyclic) bond motifs is 1. The molecule has 1 heterocycles. The lowest BCUT2D eigenvalue weighted by atomic mass is 10.1. The van der Waals surface area contributed by atoms with Crippen LogP contribution in [0, 0.1) is 6.92 Å². The number of aryl methyl sites for hydroxylation is 1. The maximum atomic E-state index is 13.7. The lowest BCUT2D eigenvalue weighted by Crippen LogP contribution is -2.52. The molecule has 1 aliphatic rings. The lowest BCUT2D eigenvalue weighted by Gasteiger charge is -2.32. The SMILES string of the molecule is CCS(=O)(=O)N(CC(=O)N(Cc1ccccc1C)[C@@H](C)C(=O)NC(C)C)c1ccc2c(c1)OCO2. The topological polar surface area (TPSA) is 105 Å². The number of ether oxygens (including phenoxy) is 2. The number of carbonyl (C=O) groups excluding carboxylic acids is 2. The molecule has 190 valence electrons. The molecule has 0 saturated carbocycles. The molecule has 1 atom stereocenters. The Morgan fingerprint density at radius 3 is 2.40 bits per heavy atom. The number of amides is 2. The average Bonchev–Trinajstić information content (AvgIpc) is 3.28. The summed E-state index contributed by atoms with van der Waals surface area (Å²) in [5.41, 5.74) is 2.13. The quantitative estimate of drug-likeness (QED) is 0.535. The number of carbonyl (C=O) groups is 2. The van der Waals surface area contributed by atoms with E-state index < -0.39 is 28.5 Å². The fourth-order valence-corrected chi connectivity index (χ4v) is 4.77. The van der Waals surface area contributed by atoms with E-state index in [1.54, 1.807) is 25.1 Å². The summed E-state index contributed by atoms with van der Waals surface area (Å²) in [4.78, 5) is 27.9. The fourth-order valence-electron chi connectivity index (χ4n) is 3.72. The number of benzene rings is 2. The predicted octanol–water partition coefficient (Wildman–Crippen LogP) is 2.82. The summed E-state index contributed by atoms with van der Waals surface area (Å²) in [6, 6.07) is 11.4. The first-order chi connectivity index (χ1) is 16.5. The maximum Gasteiger partial charge on any atom is 0.244 e. The van der Waals surface area contributed by atoms with E-state index in [1.165, 1.54) is 11.8 Å². The molecule has 2 aromatic carbocycles. The van der Waals surface area contributed by atoms with Crippen molar-refractivity contribution < 1.29 is 27.5 Å². The van der Waals surface area contributed by atoms with Gasteiger partial charge in [0.1, 0.15) is 12.6 Å². The Hall–Kier alpha value is -3.27. The molecule has 0 radical (unpaired) electrons. The van der Waals surface area contributed by atoms with E-state index in [-0.39, 0.29) is 31.0 Å². The van der Waals surface area contributed by atoms with Gasteiger partial charge in [-0.3, -0.25) is 13.9 Å². The largest absolute Gasteiger partial charge is 0.454 e. The monoisotopic (exact) mass is 503 g/mol. The third-order valence-corrected chi connectivity index (χ3v) is 7.56. The highest BCUT2D eigenvalue weighted by Crippen LogP contribution is 2.36. The van der Waals surface area contributed by atoms with Crippen LogP contribution in [0.25, 0.3) is 0 Å². The standard InChI is InChI=1S/C25H33N3O6S/c1-6-35(31,32)28(21-11-12-22-23(13-21)34-16-33-22)15-24(29)27(19(5)25(30)26-17(2)3)14-20-10-8-7-9-18(20)4/h7-13,17,19H,6,14-16H2,1-5H3,(H,26,30)/t19-/m0/s1. The van der Waals surface area contributed by atoms with Crippen LogP contribution in [0.3, 0.4) is 0 Å². The summed E-state index contributed by atoms with van der Waals surface area (Å²) in [7, 11) is -3.82. The first-order valence-corrected chi connectivity index (χ1v) is 13.2. The molecule has 0 fully saturated rings. The van der Waals surface area contributed by atoms with Crippen LogP contribution in [0.15, 0.2) is 42.5 Å². The van der Waals surface area contributed by atoms with Gasteiger partial charge in [-0.15, -0.1) is 0 Å². The molecule has 3 rings (SSSR count). The molecule has 0 unspecified atom stereocenters. The van der Waals surface area contributed by atoms with Crippen LogP contribution in [0.5, 0.6) is 11.5 Å². The van der Waals surface area contributed by atoms with Gasteiger partial charge in [0.15, 0.2) is 11.5 Å². The maximum absolute atomic E-state index is 13.7. The molecule has 1 N–H and O–H groups in total. The van der Waals surface area contributed by atoms with Gasteiger partial charge in [-0.1, -0.05) is 24.3 Å². The van der Waals surface area contributed by atoms with Crippen LogP contribution in [-0.4, -0.2) is 56.3 Å². The molecule has 9 nitrogen and oxygen atoms in total. The Labute approximate surface area is 207 Å². The van der Waals surface area contributed by atoms with Gasteiger partial charge < -0.3 is 19.7 Å².